The number of benzene rings is 2. The second kappa shape index (κ2) is 5.61. The van der Waals surface area contributed by atoms with E-state index >= 15 is 0 Å². The van der Waals surface area contributed by atoms with Crippen LogP contribution in [0.4, 0.5) is 5.69 Å². The molecule has 0 bridgehead atoms. The molecule has 0 atom stereocenters. The van der Waals surface area contributed by atoms with Crippen molar-refractivity contribution < 1.29 is 14.7 Å². The van der Waals surface area contributed by atoms with Gasteiger partial charge in [-0.25, -0.2) is 14.8 Å². The number of anilines is 1. The highest BCUT2D eigenvalue weighted by atomic mass is 16.4. The van der Waals surface area contributed by atoms with E-state index in [2.05, 4.69) is 15.3 Å². The maximum atomic E-state index is 12.2. The highest BCUT2D eigenvalue weighted by molar-refractivity contribution is 6.09. The van der Waals surface area contributed by atoms with Gasteiger partial charge in [0.05, 0.1) is 0 Å². The molecule has 3 rings (SSSR count). The third-order valence-corrected chi connectivity index (χ3v) is 3.12. The molecular weight excluding hydrogens is 282 g/mol. The highest BCUT2D eigenvalue weighted by Gasteiger charge is 2.19. The quantitative estimate of drug-likeness (QED) is 0.774. The SMILES string of the molecule is O=C(O)c1nccnc1C(=O)Nc1ccc2ccccc2c1. The van der Waals surface area contributed by atoms with E-state index < -0.39 is 11.9 Å². The molecule has 0 saturated heterocycles. The van der Waals surface area contributed by atoms with Gasteiger partial charge >= 0.3 is 5.97 Å². The van der Waals surface area contributed by atoms with Gasteiger partial charge in [-0.3, -0.25) is 4.79 Å². The van der Waals surface area contributed by atoms with E-state index in [1.54, 1.807) is 6.07 Å². The zero-order valence-electron chi connectivity index (χ0n) is 11.4. The van der Waals surface area contributed by atoms with E-state index in [1.807, 2.05) is 36.4 Å². The van der Waals surface area contributed by atoms with Gasteiger partial charge in [0.15, 0.2) is 11.4 Å². The molecule has 0 fully saturated rings. The minimum atomic E-state index is -1.29. The van der Waals surface area contributed by atoms with Crippen LogP contribution in [0.2, 0.25) is 0 Å². The van der Waals surface area contributed by atoms with Crippen LogP contribution in [-0.2, 0) is 0 Å². The summed E-state index contributed by atoms with van der Waals surface area (Å²) in [5, 5.41) is 13.7. The van der Waals surface area contributed by atoms with Gasteiger partial charge in [0.25, 0.3) is 5.91 Å². The average Bonchev–Trinajstić information content (AvgIpc) is 2.54. The number of fused-ring (bicyclic) bond motifs is 1. The number of aromatic nitrogens is 2. The van der Waals surface area contributed by atoms with Gasteiger partial charge < -0.3 is 10.4 Å². The molecule has 1 heterocycles. The first kappa shape index (κ1) is 13.7. The van der Waals surface area contributed by atoms with Crippen LogP contribution in [0.25, 0.3) is 10.8 Å². The third-order valence-electron chi connectivity index (χ3n) is 3.12. The minimum Gasteiger partial charge on any atom is -0.476 e. The van der Waals surface area contributed by atoms with E-state index in [0.29, 0.717) is 5.69 Å². The van der Waals surface area contributed by atoms with Gasteiger partial charge in [-0.2, -0.15) is 0 Å². The van der Waals surface area contributed by atoms with E-state index in [-0.39, 0.29) is 11.4 Å². The van der Waals surface area contributed by atoms with Crippen molar-refractivity contribution in [3.8, 4) is 0 Å². The lowest BCUT2D eigenvalue weighted by Gasteiger charge is -2.07. The molecule has 22 heavy (non-hydrogen) atoms. The molecule has 1 amide bonds. The molecular formula is C16H11N3O3. The van der Waals surface area contributed by atoms with Crippen molar-refractivity contribution >= 4 is 28.3 Å². The number of carbonyl (C=O) groups excluding carboxylic acids is 1. The van der Waals surface area contributed by atoms with Crippen LogP contribution in [-0.4, -0.2) is 27.0 Å². The Morgan fingerprint density at radius 2 is 1.59 bits per heavy atom. The molecule has 2 N–H and O–H groups in total. The Morgan fingerprint density at radius 3 is 2.32 bits per heavy atom. The second-order valence-electron chi connectivity index (χ2n) is 4.57. The maximum absolute atomic E-state index is 12.2. The molecule has 1 aromatic heterocycles. The monoisotopic (exact) mass is 293 g/mol. The smallest absolute Gasteiger partial charge is 0.356 e. The van der Waals surface area contributed by atoms with Crippen LogP contribution in [0.15, 0.2) is 54.9 Å². The fourth-order valence-electron chi connectivity index (χ4n) is 2.12. The minimum absolute atomic E-state index is 0.219. The average molecular weight is 293 g/mol. The summed E-state index contributed by atoms with van der Waals surface area (Å²) in [5.74, 6) is -1.91. The van der Waals surface area contributed by atoms with Gasteiger partial charge in [0.2, 0.25) is 0 Å². The van der Waals surface area contributed by atoms with Crippen LogP contribution in [0.5, 0.6) is 0 Å². The Balaban J connectivity index is 1.91. The van der Waals surface area contributed by atoms with Gasteiger partial charge in [0.1, 0.15) is 0 Å². The molecule has 6 heteroatoms. The Morgan fingerprint density at radius 1 is 0.909 bits per heavy atom. The molecule has 0 aliphatic carbocycles. The number of rotatable bonds is 3. The van der Waals surface area contributed by atoms with Gasteiger partial charge in [-0.05, 0) is 22.9 Å². The normalized spacial score (nSPS) is 10.4. The summed E-state index contributed by atoms with van der Waals surface area (Å²) in [4.78, 5) is 30.7. The molecule has 0 unspecified atom stereocenters. The molecule has 3 aromatic rings. The van der Waals surface area contributed by atoms with E-state index in [1.165, 1.54) is 12.4 Å². The standard InChI is InChI=1S/C16H11N3O3/c20-15(13-14(16(21)22)18-8-7-17-13)19-12-6-5-10-3-1-2-4-11(10)9-12/h1-9H,(H,19,20)(H,21,22). The summed E-state index contributed by atoms with van der Waals surface area (Å²) >= 11 is 0. The molecule has 0 saturated carbocycles. The van der Waals surface area contributed by atoms with Crippen LogP contribution < -0.4 is 5.32 Å². The zero-order valence-corrected chi connectivity index (χ0v) is 11.4. The van der Waals surface area contributed by atoms with Crippen molar-refractivity contribution in [2.45, 2.75) is 0 Å². The summed E-state index contributed by atoms with van der Waals surface area (Å²) < 4.78 is 0. The maximum Gasteiger partial charge on any atom is 0.356 e. The van der Waals surface area contributed by atoms with Crippen LogP contribution in [0.1, 0.15) is 21.0 Å². The molecule has 0 radical (unpaired) electrons. The fourth-order valence-corrected chi connectivity index (χ4v) is 2.12. The molecule has 0 spiro atoms. The lowest BCUT2D eigenvalue weighted by Crippen LogP contribution is -2.19. The first-order valence-electron chi connectivity index (χ1n) is 6.49. The number of carbonyl (C=O) groups is 2. The number of carboxylic acid groups (broad SMARTS) is 1. The molecule has 6 nitrogen and oxygen atoms in total. The Bertz CT molecular complexity index is 877. The lowest BCUT2D eigenvalue weighted by molar-refractivity contribution is 0.0685. The summed E-state index contributed by atoms with van der Waals surface area (Å²) in [7, 11) is 0. The second-order valence-corrected chi connectivity index (χ2v) is 4.57. The van der Waals surface area contributed by atoms with Crippen molar-refractivity contribution in [2.75, 3.05) is 5.32 Å². The summed E-state index contributed by atoms with van der Waals surface area (Å²) in [6.07, 6.45) is 2.51. The Kier molecular flexibility index (Phi) is 3.49. The molecule has 0 aliphatic rings. The van der Waals surface area contributed by atoms with E-state index in [9.17, 15) is 9.59 Å². The fraction of sp³-hybridized carbons (Fsp3) is 0. The first-order valence-corrected chi connectivity index (χ1v) is 6.49. The highest BCUT2D eigenvalue weighted by Crippen LogP contribution is 2.19. The summed E-state index contributed by atoms with van der Waals surface area (Å²) in [6, 6.07) is 13.2. The number of hydrogen-bond donors (Lipinski definition) is 2. The molecule has 2 aromatic carbocycles. The number of aromatic carboxylic acids is 1. The number of amides is 1. The lowest BCUT2D eigenvalue weighted by atomic mass is 10.1. The number of carboxylic acids is 1. The van der Waals surface area contributed by atoms with E-state index in [4.69, 9.17) is 5.11 Å². The van der Waals surface area contributed by atoms with Crippen LogP contribution in [0.3, 0.4) is 0 Å². The number of hydrogen-bond acceptors (Lipinski definition) is 4. The Labute approximate surface area is 125 Å². The predicted octanol–water partition coefficient (Wildman–Crippen LogP) is 2.58. The molecule has 108 valence electrons. The zero-order chi connectivity index (χ0) is 15.5. The summed E-state index contributed by atoms with van der Waals surface area (Å²) in [5.41, 5.74) is -0.0327. The number of nitrogens with zero attached hydrogens (tertiary/aromatic N) is 2. The molecule has 0 aliphatic heterocycles. The Hall–Kier alpha value is -3.28. The topological polar surface area (TPSA) is 92.2 Å². The van der Waals surface area contributed by atoms with Crippen molar-refractivity contribution in [2.24, 2.45) is 0 Å². The van der Waals surface area contributed by atoms with E-state index in [0.717, 1.165) is 10.8 Å². The van der Waals surface area contributed by atoms with Gasteiger partial charge in [0, 0.05) is 18.1 Å². The third kappa shape index (κ3) is 2.62. The van der Waals surface area contributed by atoms with Crippen LogP contribution in [0, 0.1) is 0 Å². The van der Waals surface area contributed by atoms with Crippen molar-refractivity contribution in [1.29, 1.82) is 0 Å². The summed E-state index contributed by atoms with van der Waals surface area (Å²) in [6.45, 7) is 0. The van der Waals surface area contributed by atoms with Crippen molar-refractivity contribution in [3.05, 3.63) is 66.2 Å². The van der Waals surface area contributed by atoms with Crippen LogP contribution >= 0.6 is 0 Å². The largest absolute Gasteiger partial charge is 0.476 e. The van der Waals surface area contributed by atoms with Crippen molar-refractivity contribution in [3.63, 3.8) is 0 Å². The first-order chi connectivity index (χ1) is 10.6. The van der Waals surface area contributed by atoms with Gasteiger partial charge in [-0.15, -0.1) is 0 Å². The predicted molar refractivity (Wildman–Crippen MR) is 80.9 cm³/mol. The van der Waals surface area contributed by atoms with Crippen molar-refractivity contribution in [1.82, 2.24) is 9.97 Å². The number of nitrogens with one attached hydrogen (secondary N) is 1. The van der Waals surface area contributed by atoms with Gasteiger partial charge in [-0.1, -0.05) is 30.3 Å².